The quantitative estimate of drug-likeness (QED) is 0.921. The molecule has 0 aromatic heterocycles. The number of nitrogens with zero attached hydrogens (tertiary/aromatic N) is 2. The van der Waals surface area contributed by atoms with Crippen LogP contribution in [0.1, 0.15) is 25.3 Å². The fourth-order valence-corrected chi connectivity index (χ4v) is 2.83. The van der Waals surface area contributed by atoms with Crippen molar-refractivity contribution in [3.05, 3.63) is 28.8 Å². The third kappa shape index (κ3) is 3.62. The molecule has 1 aromatic carbocycles. The minimum atomic E-state index is 0.402. The van der Waals surface area contributed by atoms with E-state index in [4.69, 9.17) is 16.9 Å². The van der Waals surface area contributed by atoms with E-state index in [1.54, 1.807) is 12.1 Å². The molecule has 4 heteroatoms. The van der Waals surface area contributed by atoms with E-state index in [0.29, 0.717) is 22.5 Å². The van der Waals surface area contributed by atoms with Crippen LogP contribution in [0.3, 0.4) is 0 Å². The van der Waals surface area contributed by atoms with Crippen molar-refractivity contribution in [1.29, 1.82) is 5.26 Å². The first-order chi connectivity index (χ1) is 9.10. The van der Waals surface area contributed by atoms with Crippen molar-refractivity contribution in [1.82, 2.24) is 4.90 Å². The van der Waals surface area contributed by atoms with Gasteiger partial charge in [-0.3, -0.25) is 0 Å². The van der Waals surface area contributed by atoms with E-state index in [9.17, 15) is 0 Å². The Balaban J connectivity index is 1.99. The third-order valence-electron chi connectivity index (χ3n) is 3.95. The second-order valence-corrected chi connectivity index (χ2v) is 5.79. The highest BCUT2D eigenvalue weighted by Gasteiger charge is 2.22. The summed E-state index contributed by atoms with van der Waals surface area (Å²) in [5, 5.41) is 12.9. The maximum atomic E-state index is 8.83. The van der Waals surface area contributed by atoms with Crippen LogP contribution in [0.5, 0.6) is 0 Å². The minimum absolute atomic E-state index is 0.402. The molecule has 19 heavy (non-hydrogen) atoms. The third-order valence-corrected chi connectivity index (χ3v) is 4.26. The van der Waals surface area contributed by atoms with Gasteiger partial charge < -0.3 is 10.2 Å². The monoisotopic (exact) mass is 277 g/mol. The summed E-state index contributed by atoms with van der Waals surface area (Å²) < 4.78 is 0. The fraction of sp³-hybridized carbons (Fsp3) is 0.533. The molecule has 3 nitrogen and oxygen atoms in total. The zero-order chi connectivity index (χ0) is 13.8. The molecule has 1 aromatic rings. The largest absolute Gasteiger partial charge is 0.381 e. The Morgan fingerprint density at radius 1 is 1.42 bits per heavy atom. The molecular weight excluding hydrogens is 258 g/mol. The first-order valence-corrected chi connectivity index (χ1v) is 7.12. The fourth-order valence-electron chi connectivity index (χ4n) is 2.59. The second kappa shape index (κ2) is 6.27. The summed E-state index contributed by atoms with van der Waals surface area (Å²) in [6.45, 7) is 4.54. The summed E-state index contributed by atoms with van der Waals surface area (Å²) in [5.41, 5.74) is 1.52. The van der Waals surface area contributed by atoms with Gasteiger partial charge in [0.1, 0.15) is 0 Å². The first-order valence-electron chi connectivity index (χ1n) is 6.75. The summed E-state index contributed by atoms with van der Waals surface area (Å²) in [7, 11) is 2.17. The molecule has 1 unspecified atom stereocenters. The Morgan fingerprint density at radius 2 is 2.11 bits per heavy atom. The molecule has 0 bridgehead atoms. The average Bonchev–Trinajstić information content (AvgIpc) is 2.41. The lowest BCUT2D eigenvalue weighted by atomic mass is 9.90. The van der Waals surface area contributed by atoms with E-state index in [0.717, 1.165) is 18.8 Å². The molecule has 1 aliphatic heterocycles. The van der Waals surface area contributed by atoms with Gasteiger partial charge in [0.05, 0.1) is 22.3 Å². The Morgan fingerprint density at radius 3 is 2.68 bits per heavy atom. The van der Waals surface area contributed by atoms with Gasteiger partial charge in [0, 0.05) is 6.04 Å². The number of likely N-dealkylation sites (tertiary alicyclic amines) is 1. The predicted octanol–water partition coefficient (Wildman–Crippen LogP) is 3.35. The van der Waals surface area contributed by atoms with Gasteiger partial charge in [-0.2, -0.15) is 5.26 Å². The molecule has 0 aliphatic carbocycles. The van der Waals surface area contributed by atoms with Crippen molar-refractivity contribution in [3.8, 4) is 6.07 Å². The average molecular weight is 278 g/mol. The molecule has 0 spiro atoms. The molecule has 1 atom stereocenters. The number of benzene rings is 1. The van der Waals surface area contributed by atoms with Gasteiger partial charge in [-0.1, -0.05) is 11.6 Å². The number of halogens is 1. The number of hydrogen-bond acceptors (Lipinski definition) is 3. The maximum Gasteiger partial charge on any atom is 0.0992 e. The molecule has 1 N–H and O–H groups in total. The summed E-state index contributed by atoms with van der Waals surface area (Å²) >= 11 is 6.19. The van der Waals surface area contributed by atoms with E-state index >= 15 is 0 Å². The second-order valence-electron chi connectivity index (χ2n) is 5.38. The highest BCUT2D eigenvalue weighted by molar-refractivity contribution is 6.33. The number of hydrogen-bond donors (Lipinski definition) is 1. The molecular formula is C15H20ClN3. The van der Waals surface area contributed by atoms with Crippen molar-refractivity contribution in [2.45, 2.75) is 25.8 Å². The SMILES string of the molecule is CC(Nc1ccc(C#N)cc1Cl)C1CCN(C)CC1. The molecule has 2 rings (SSSR count). The van der Waals surface area contributed by atoms with Crippen LogP contribution in [0.4, 0.5) is 5.69 Å². The van der Waals surface area contributed by atoms with Crippen molar-refractivity contribution in [2.75, 3.05) is 25.5 Å². The van der Waals surface area contributed by atoms with Crippen LogP contribution in [0.15, 0.2) is 18.2 Å². The van der Waals surface area contributed by atoms with Gasteiger partial charge >= 0.3 is 0 Å². The van der Waals surface area contributed by atoms with Gasteiger partial charge in [-0.25, -0.2) is 0 Å². The molecule has 0 radical (unpaired) electrons. The minimum Gasteiger partial charge on any atom is -0.381 e. The van der Waals surface area contributed by atoms with Crippen molar-refractivity contribution < 1.29 is 0 Å². The Kier molecular flexibility index (Phi) is 4.68. The number of nitriles is 1. The van der Waals surface area contributed by atoms with Crippen LogP contribution >= 0.6 is 11.6 Å². The van der Waals surface area contributed by atoms with E-state index < -0.39 is 0 Å². The zero-order valence-electron chi connectivity index (χ0n) is 11.5. The van der Waals surface area contributed by atoms with E-state index in [2.05, 4.69) is 30.3 Å². The topological polar surface area (TPSA) is 39.1 Å². The molecule has 102 valence electrons. The highest BCUT2D eigenvalue weighted by atomic mass is 35.5. The van der Waals surface area contributed by atoms with Crippen LogP contribution in [0, 0.1) is 17.2 Å². The molecule has 1 aliphatic rings. The van der Waals surface area contributed by atoms with E-state index in [1.165, 1.54) is 12.8 Å². The first kappa shape index (κ1) is 14.2. The van der Waals surface area contributed by atoms with Crippen molar-refractivity contribution in [3.63, 3.8) is 0 Å². The maximum absolute atomic E-state index is 8.83. The molecule has 1 fully saturated rings. The van der Waals surface area contributed by atoms with Crippen molar-refractivity contribution in [2.24, 2.45) is 5.92 Å². The number of nitrogens with one attached hydrogen (secondary N) is 1. The summed E-state index contributed by atoms with van der Waals surface area (Å²) in [5.74, 6) is 0.683. The molecule has 1 saturated heterocycles. The number of rotatable bonds is 3. The molecule has 1 heterocycles. The normalized spacial score (nSPS) is 18.8. The van der Waals surface area contributed by atoms with Crippen LogP contribution < -0.4 is 5.32 Å². The van der Waals surface area contributed by atoms with Gasteiger partial charge in [0.25, 0.3) is 0 Å². The van der Waals surface area contributed by atoms with Crippen LogP contribution in [0.25, 0.3) is 0 Å². The molecule has 0 saturated carbocycles. The van der Waals surface area contributed by atoms with Gasteiger partial charge in [-0.15, -0.1) is 0 Å². The Bertz CT molecular complexity index is 473. The van der Waals surface area contributed by atoms with Gasteiger partial charge in [0.15, 0.2) is 0 Å². The Labute approximate surface area is 120 Å². The molecule has 0 amide bonds. The van der Waals surface area contributed by atoms with Crippen LogP contribution in [0.2, 0.25) is 5.02 Å². The van der Waals surface area contributed by atoms with E-state index in [1.807, 2.05) is 6.07 Å². The summed E-state index contributed by atoms with van der Waals surface area (Å²) in [4.78, 5) is 2.37. The standard InChI is InChI=1S/C15H20ClN3/c1-11(13-5-7-19(2)8-6-13)18-15-4-3-12(10-17)9-14(15)16/h3-4,9,11,13,18H,5-8H2,1-2H3. The van der Waals surface area contributed by atoms with Crippen molar-refractivity contribution >= 4 is 17.3 Å². The van der Waals surface area contributed by atoms with Crippen LogP contribution in [-0.4, -0.2) is 31.1 Å². The number of piperidine rings is 1. The van der Waals surface area contributed by atoms with Gasteiger partial charge in [0.2, 0.25) is 0 Å². The van der Waals surface area contributed by atoms with Crippen LogP contribution in [-0.2, 0) is 0 Å². The zero-order valence-corrected chi connectivity index (χ0v) is 12.2. The summed E-state index contributed by atoms with van der Waals surface area (Å²) in [6.07, 6.45) is 2.44. The van der Waals surface area contributed by atoms with E-state index in [-0.39, 0.29) is 0 Å². The lowest BCUT2D eigenvalue weighted by Crippen LogP contribution is -2.37. The predicted molar refractivity (Wildman–Crippen MR) is 79.5 cm³/mol. The number of anilines is 1. The smallest absolute Gasteiger partial charge is 0.0992 e. The highest BCUT2D eigenvalue weighted by Crippen LogP contribution is 2.27. The lowest BCUT2D eigenvalue weighted by Gasteiger charge is -2.33. The van der Waals surface area contributed by atoms with Gasteiger partial charge in [-0.05, 0) is 64.0 Å². The Hall–Kier alpha value is -1.24. The summed E-state index contributed by atoms with van der Waals surface area (Å²) in [6, 6.07) is 7.91. The lowest BCUT2D eigenvalue weighted by molar-refractivity contribution is 0.208.